The molecule has 1 amide bonds. The molecule has 0 spiro atoms. The quantitative estimate of drug-likeness (QED) is 0.0365. The van der Waals surface area contributed by atoms with E-state index < -0.39 is 0 Å². The number of rotatable bonds is 51. The van der Waals surface area contributed by atoms with Crippen LogP contribution in [0.2, 0.25) is 0 Å². The molecule has 0 heterocycles. The Labute approximate surface area is 415 Å². The third-order valence-corrected chi connectivity index (χ3v) is 13.6. The fraction of sp³-hybridized carbons (Fsp3) is 0.931. The van der Waals surface area contributed by atoms with Gasteiger partial charge >= 0.3 is 17.9 Å². The minimum absolute atomic E-state index is 0.0210. The van der Waals surface area contributed by atoms with Crippen LogP contribution in [0.5, 0.6) is 0 Å². The number of carbonyl (C=O) groups is 4. The third kappa shape index (κ3) is 40.3. The highest BCUT2D eigenvalue weighted by Gasteiger charge is 2.23. The number of hydrogen-bond acceptors (Lipinski definition) is 8. The van der Waals surface area contributed by atoms with Gasteiger partial charge in [0.05, 0.1) is 0 Å². The van der Waals surface area contributed by atoms with Crippen LogP contribution >= 0.6 is 0 Å². The van der Waals surface area contributed by atoms with Gasteiger partial charge in [0.1, 0.15) is 18.3 Å². The molecular formula is C58H112N2O7. The Morgan fingerprint density at radius 2 is 0.672 bits per heavy atom. The lowest BCUT2D eigenvalue weighted by Gasteiger charge is -2.33. The average molecular weight is 950 g/mol. The van der Waals surface area contributed by atoms with E-state index in [4.69, 9.17) is 14.2 Å². The zero-order chi connectivity index (χ0) is 49.4. The van der Waals surface area contributed by atoms with Gasteiger partial charge in [0.2, 0.25) is 5.91 Å². The highest BCUT2D eigenvalue weighted by molar-refractivity contribution is 5.76. The first-order chi connectivity index (χ1) is 32.7. The molecule has 0 radical (unpaired) electrons. The van der Waals surface area contributed by atoms with Crippen LogP contribution in [0, 0.1) is 0 Å². The minimum Gasteiger partial charge on any atom is -0.462 e. The van der Waals surface area contributed by atoms with Crippen LogP contribution < -0.4 is 5.32 Å². The van der Waals surface area contributed by atoms with Gasteiger partial charge in [-0.3, -0.25) is 19.2 Å². The summed E-state index contributed by atoms with van der Waals surface area (Å²) in [5.41, 5.74) is 0. The van der Waals surface area contributed by atoms with E-state index in [0.29, 0.717) is 31.6 Å². The maximum Gasteiger partial charge on any atom is 0.306 e. The summed E-state index contributed by atoms with van der Waals surface area (Å²) < 4.78 is 17.6. The number of hydrogen-bond donors (Lipinski definition) is 1. The molecule has 9 nitrogen and oxygen atoms in total. The van der Waals surface area contributed by atoms with Crippen molar-refractivity contribution in [1.29, 1.82) is 0 Å². The Morgan fingerprint density at radius 1 is 0.358 bits per heavy atom. The largest absolute Gasteiger partial charge is 0.462 e. The van der Waals surface area contributed by atoms with Crippen LogP contribution in [0.15, 0.2) is 0 Å². The lowest BCUT2D eigenvalue weighted by atomic mass is 9.97. The van der Waals surface area contributed by atoms with Crippen molar-refractivity contribution in [2.75, 3.05) is 20.1 Å². The number of nitrogens with one attached hydrogen (secondary N) is 1. The molecule has 0 saturated carbocycles. The van der Waals surface area contributed by atoms with E-state index in [-0.39, 0.29) is 42.3 Å². The van der Waals surface area contributed by atoms with Crippen LogP contribution in [0.4, 0.5) is 0 Å². The standard InChI is InChI=1S/C58H112N2O7/c1-8-14-40-52(37-13-6)65-56(62)46-33-27-21-19-24-30-38-51(39-31-25-20-22-28-34-47-57(63)66-53(41-15-9-2)42-16-10-3)60(50-36-49-59-7)55(61)45-32-26-23-29-35-48-58(64)67-54(43-17-11-4)44-18-12-5/h51-54,59H,8-50H2,1-7H3. The smallest absolute Gasteiger partial charge is 0.306 e. The monoisotopic (exact) mass is 949 g/mol. The predicted molar refractivity (Wildman–Crippen MR) is 282 cm³/mol. The fourth-order valence-electron chi connectivity index (χ4n) is 9.33. The number of unbranched alkanes of at least 4 members (excludes halogenated alkanes) is 19. The molecule has 0 aliphatic carbocycles. The second-order valence-electron chi connectivity index (χ2n) is 20.1. The van der Waals surface area contributed by atoms with E-state index >= 15 is 0 Å². The van der Waals surface area contributed by atoms with Gasteiger partial charge in [-0.15, -0.1) is 0 Å². The van der Waals surface area contributed by atoms with Crippen LogP contribution in [0.3, 0.4) is 0 Å². The predicted octanol–water partition coefficient (Wildman–Crippen LogP) is 16.3. The van der Waals surface area contributed by atoms with Gasteiger partial charge in [-0.1, -0.05) is 196 Å². The molecular weight excluding hydrogens is 837 g/mol. The molecule has 0 aromatic rings. The van der Waals surface area contributed by atoms with Crippen LogP contribution in [-0.2, 0) is 33.4 Å². The van der Waals surface area contributed by atoms with Crippen molar-refractivity contribution in [2.24, 2.45) is 0 Å². The van der Waals surface area contributed by atoms with E-state index in [2.05, 4.69) is 51.8 Å². The minimum atomic E-state index is -0.0444. The summed E-state index contributed by atoms with van der Waals surface area (Å²) in [7, 11) is 1.99. The number of ether oxygens (including phenoxy) is 3. The lowest BCUT2D eigenvalue weighted by molar-refractivity contribution is -0.151. The van der Waals surface area contributed by atoms with E-state index in [1.165, 1.54) is 0 Å². The molecule has 0 saturated heterocycles. The Balaban J connectivity index is 5.15. The lowest BCUT2D eigenvalue weighted by Crippen LogP contribution is -2.41. The van der Waals surface area contributed by atoms with Crippen molar-refractivity contribution in [3.05, 3.63) is 0 Å². The Bertz CT molecular complexity index is 1120. The molecule has 9 heteroatoms. The average Bonchev–Trinajstić information content (AvgIpc) is 3.32. The number of amides is 1. The van der Waals surface area contributed by atoms with Gasteiger partial charge in [-0.2, -0.15) is 0 Å². The van der Waals surface area contributed by atoms with Crippen molar-refractivity contribution >= 4 is 23.8 Å². The van der Waals surface area contributed by atoms with Crippen LogP contribution in [-0.4, -0.2) is 73.2 Å². The number of nitrogens with zero attached hydrogens (tertiary/aromatic N) is 1. The third-order valence-electron chi connectivity index (χ3n) is 13.6. The van der Waals surface area contributed by atoms with Crippen molar-refractivity contribution in [2.45, 2.75) is 329 Å². The second-order valence-corrected chi connectivity index (χ2v) is 20.1. The summed E-state index contributed by atoms with van der Waals surface area (Å²) in [5.74, 6) is 0.209. The van der Waals surface area contributed by atoms with Crippen LogP contribution in [0.1, 0.15) is 305 Å². The molecule has 0 aliphatic heterocycles. The van der Waals surface area contributed by atoms with Gasteiger partial charge in [-0.25, -0.2) is 0 Å². The first-order valence-corrected chi connectivity index (χ1v) is 29.2. The maximum atomic E-state index is 14.0. The summed E-state index contributed by atoms with van der Waals surface area (Å²) in [5, 5.41) is 3.29. The molecule has 396 valence electrons. The van der Waals surface area contributed by atoms with Crippen LogP contribution in [0.25, 0.3) is 0 Å². The van der Waals surface area contributed by atoms with Gasteiger partial charge < -0.3 is 24.4 Å². The summed E-state index contributed by atoms with van der Waals surface area (Å²) in [6.45, 7) is 14.8. The van der Waals surface area contributed by atoms with Gasteiger partial charge in [-0.05, 0) is 97.1 Å². The number of carbonyl (C=O) groups excluding carboxylic acids is 4. The van der Waals surface area contributed by atoms with E-state index in [9.17, 15) is 19.2 Å². The van der Waals surface area contributed by atoms with E-state index in [1.807, 2.05) is 7.05 Å². The molecule has 1 N–H and O–H groups in total. The number of esters is 3. The molecule has 0 aromatic carbocycles. The summed E-state index contributed by atoms with van der Waals surface area (Å²) in [6, 6.07) is 0.260. The van der Waals surface area contributed by atoms with Crippen molar-refractivity contribution in [1.82, 2.24) is 10.2 Å². The molecule has 0 aromatic heterocycles. The topological polar surface area (TPSA) is 111 Å². The van der Waals surface area contributed by atoms with E-state index in [0.717, 1.165) is 251 Å². The zero-order valence-electron chi connectivity index (χ0n) is 45.5. The van der Waals surface area contributed by atoms with E-state index in [1.54, 1.807) is 0 Å². The van der Waals surface area contributed by atoms with Gasteiger partial charge in [0.25, 0.3) is 0 Å². The molecule has 0 rings (SSSR count). The highest BCUT2D eigenvalue weighted by atomic mass is 16.6. The molecule has 67 heavy (non-hydrogen) atoms. The molecule has 2 unspecified atom stereocenters. The molecule has 2 atom stereocenters. The Hall–Kier alpha value is -2.16. The molecule has 0 fully saturated rings. The Morgan fingerprint density at radius 3 is 1.00 bits per heavy atom. The highest BCUT2D eigenvalue weighted by Crippen LogP contribution is 2.23. The summed E-state index contributed by atoms with van der Waals surface area (Å²) in [4.78, 5) is 54.0. The van der Waals surface area contributed by atoms with Crippen molar-refractivity contribution in [3.8, 4) is 0 Å². The first-order valence-electron chi connectivity index (χ1n) is 29.2. The van der Waals surface area contributed by atoms with Crippen molar-refractivity contribution in [3.63, 3.8) is 0 Å². The summed E-state index contributed by atoms with van der Waals surface area (Å²) in [6.07, 6.45) is 41.4. The second kappa shape index (κ2) is 48.8. The fourth-order valence-corrected chi connectivity index (χ4v) is 9.33. The van der Waals surface area contributed by atoms with Gasteiger partial charge in [0, 0.05) is 38.3 Å². The zero-order valence-corrected chi connectivity index (χ0v) is 45.5. The maximum absolute atomic E-state index is 14.0. The van der Waals surface area contributed by atoms with Gasteiger partial charge in [0.15, 0.2) is 0 Å². The Kier molecular flexibility index (Phi) is 47.3. The summed E-state index contributed by atoms with van der Waals surface area (Å²) >= 11 is 0. The molecule has 0 aliphatic rings. The first kappa shape index (κ1) is 64.8. The normalized spacial score (nSPS) is 12.4. The SMILES string of the molecule is CCCCC(CCC)OC(=O)CCCCCCCCC(CCCCCCCCC(=O)OC(CCCC)CCCC)N(CCCNC)C(=O)CCCCCCCC(=O)OC(CCCC)CCCC. The van der Waals surface area contributed by atoms with Crippen molar-refractivity contribution < 1.29 is 33.4 Å². The molecule has 0 bridgehead atoms.